The minimum atomic E-state index is -0.387. The lowest BCUT2D eigenvalue weighted by atomic mass is 9.75. The summed E-state index contributed by atoms with van der Waals surface area (Å²) >= 11 is 3.22. The van der Waals surface area contributed by atoms with E-state index in [1.807, 2.05) is 31.2 Å². The summed E-state index contributed by atoms with van der Waals surface area (Å²) in [5.41, 5.74) is 2.22. The van der Waals surface area contributed by atoms with Gasteiger partial charge in [-0.15, -0.1) is 0 Å². The molecule has 70 valence electrons. The third-order valence-electron chi connectivity index (χ3n) is 2.00. The second-order valence-electron chi connectivity index (χ2n) is 3.10. The van der Waals surface area contributed by atoms with Gasteiger partial charge in [-0.2, -0.15) is 0 Å². The van der Waals surface area contributed by atoms with E-state index in [2.05, 4.69) is 15.8 Å². The van der Waals surface area contributed by atoms with Crippen LogP contribution in [-0.4, -0.2) is 20.7 Å². The predicted molar refractivity (Wildman–Crippen MR) is 61.7 cm³/mol. The maximum absolute atomic E-state index is 5.38. The molecule has 14 heavy (non-hydrogen) atoms. The summed E-state index contributed by atoms with van der Waals surface area (Å²) in [7, 11) is -0.0946. The van der Waals surface area contributed by atoms with Crippen LogP contribution in [0.4, 0.5) is 0 Å². The number of hydrogen-bond donors (Lipinski definition) is 0. The summed E-state index contributed by atoms with van der Waals surface area (Å²) in [6, 6.07) is 8.04. The highest BCUT2D eigenvalue weighted by atomic mass is 79.9. The topological polar surface area (TPSA) is 27.7 Å². The Kier molecular flexibility index (Phi) is 3.33. The van der Waals surface area contributed by atoms with Gasteiger partial charge in [-0.1, -0.05) is 45.6 Å². The van der Waals surface area contributed by atoms with Gasteiger partial charge in [0.15, 0.2) is 0 Å². The Balaban J connectivity index is 2.10. The Morgan fingerprint density at radius 1 is 1.21 bits per heavy atom. The average Bonchev–Trinajstić information content (AvgIpc) is 2.19. The van der Waals surface area contributed by atoms with E-state index in [-0.39, 0.29) is 20.7 Å². The van der Waals surface area contributed by atoms with E-state index in [1.165, 1.54) is 5.56 Å². The molecule has 3 nitrogen and oxygen atoms in total. The largest absolute Gasteiger partial charge is 0.512 e. The lowest BCUT2D eigenvalue weighted by Gasteiger charge is -2.22. The zero-order valence-electron chi connectivity index (χ0n) is 7.77. The highest BCUT2D eigenvalue weighted by Crippen LogP contribution is 2.07. The monoisotopic (exact) mass is 252 g/mol. The zero-order chi connectivity index (χ0) is 9.97. The predicted octanol–water partition coefficient (Wildman–Crippen LogP) is 0.400. The first-order chi connectivity index (χ1) is 6.75. The van der Waals surface area contributed by atoms with Crippen LogP contribution in [0, 0.1) is 6.92 Å². The first kappa shape index (κ1) is 10.3. The van der Waals surface area contributed by atoms with E-state index in [0.717, 1.165) is 5.46 Å². The Hall–Kier alpha value is -0.225. The van der Waals surface area contributed by atoms with Crippen molar-refractivity contribution in [1.29, 1.82) is 0 Å². The molecule has 0 aliphatic carbocycles. The van der Waals surface area contributed by atoms with E-state index < -0.39 is 0 Å². The van der Waals surface area contributed by atoms with Crippen molar-refractivity contribution < 1.29 is 13.7 Å². The smallest absolute Gasteiger partial charge is 0.451 e. The zero-order valence-corrected chi connectivity index (χ0v) is 9.36. The second-order valence-corrected chi connectivity index (χ2v) is 3.85. The van der Waals surface area contributed by atoms with Crippen molar-refractivity contribution in [1.82, 2.24) is 0 Å². The molecule has 0 saturated carbocycles. The van der Waals surface area contributed by atoms with Crippen molar-refractivity contribution >= 4 is 42.0 Å². The summed E-state index contributed by atoms with van der Waals surface area (Å²) in [6.07, 6.45) is 0. The second kappa shape index (κ2) is 4.53. The Labute approximate surface area is 92.7 Å². The Morgan fingerprint density at radius 3 is 2.57 bits per heavy atom. The molecule has 0 bridgehead atoms. The van der Waals surface area contributed by atoms with Gasteiger partial charge in [0.1, 0.15) is 0 Å². The highest BCUT2D eigenvalue weighted by Gasteiger charge is 2.32. The van der Waals surface area contributed by atoms with Crippen LogP contribution >= 0.6 is 15.8 Å². The van der Waals surface area contributed by atoms with Crippen LogP contribution in [0.2, 0.25) is 0 Å². The fourth-order valence-corrected chi connectivity index (χ4v) is 1.53. The number of benzene rings is 1. The fourth-order valence-electron chi connectivity index (χ4n) is 1.23. The first-order valence-corrected chi connectivity index (χ1v) is 5.26. The fraction of sp³-hybridized carbons (Fsp3) is 0.143. The molecule has 1 aliphatic heterocycles. The van der Waals surface area contributed by atoms with Gasteiger partial charge in [0, 0.05) is 0 Å². The maximum Gasteiger partial charge on any atom is 0.512 e. The molecule has 0 unspecified atom stereocenters. The third kappa shape index (κ3) is 2.42. The maximum atomic E-state index is 5.38. The summed E-state index contributed by atoms with van der Waals surface area (Å²) in [4.78, 5) is 0. The van der Waals surface area contributed by atoms with Gasteiger partial charge >= 0.3 is 20.7 Å². The number of halogens is 1. The van der Waals surface area contributed by atoms with Crippen molar-refractivity contribution in [2.24, 2.45) is 0 Å². The number of rotatable bonds is 1. The van der Waals surface area contributed by atoms with Gasteiger partial charge in [-0.3, -0.25) is 0 Å². The van der Waals surface area contributed by atoms with Crippen LogP contribution in [-0.2, 0) is 13.7 Å². The van der Waals surface area contributed by atoms with Crippen LogP contribution in [0.25, 0.3) is 0 Å². The third-order valence-corrected chi connectivity index (χ3v) is 2.48. The summed E-state index contributed by atoms with van der Waals surface area (Å²) in [5, 5.41) is 0. The molecule has 0 spiro atoms. The van der Waals surface area contributed by atoms with Gasteiger partial charge < -0.3 is 13.7 Å². The van der Waals surface area contributed by atoms with Gasteiger partial charge in [0.05, 0.1) is 0 Å². The molecule has 0 aromatic heterocycles. The Morgan fingerprint density at radius 2 is 1.93 bits per heavy atom. The molecule has 1 aromatic rings. The van der Waals surface area contributed by atoms with Gasteiger partial charge in [-0.05, 0) is 12.4 Å². The molecule has 1 heterocycles. The molecule has 1 aromatic carbocycles. The summed E-state index contributed by atoms with van der Waals surface area (Å²) in [5.74, 6) is -0.387. The van der Waals surface area contributed by atoms with Gasteiger partial charge in [0.2, 0.25) is 0 Å². The normalized spacial score (nSPS) is 16.7. The van der Waals surface area contributed by atoms with Crippen LogP contribution < -0.4 is 5.46 Å². The molecule has 1 fully saturated rings. The Bertz CT molecular complexity index is 308. The lowest BCUT2D eigenvalue weighted by Crippen LogP contribution is -2.47. The summed E-state index contributed by atoms with van der Waals surface area (Å²) in [6.45, 7) is 2.04. The van der Waals surface area contributed by atoms with Crippen LogP contribution in [0.5, 0.6) is 0 Å². The summed E-state index contributed by atoms with van der Waals surface area (Å²) < 4.78 is 15.7. The minimum Gasteiger partial charge on any atom is -0.451 e. The van der Waals surface area contributed by atoms with Crippen LogP contribution in [0.3, 0.4) is 0 Å². The van der Waals surface area contributed by atoms with Crippen molar-refractivity contribution in [3.63, 3.8) is 0 Å². The van der Waals surface area contributed by atoms with Gasteiger partial charge in [-0.25, -0.2) is 0 Å². The molecule has 1 saturated heterocycles. The standard InChI is InChI=1S/C7H8B3BrO3/c1-6-2-4-7(5-3-6)9-12-8-13-10(11)14-9/h2-5,8H,1H3. The van der Waals surface area contributed by atoms with E-state index >= 15 is 0 Å². The molecule has 0 radical (unpaired) electrons. The molecule has 2 rings (SSSR count). The average molecular weight is 252 g/mol. The number of hydrogen-bond acceptors (Lipinski definition) is 3. The lowest BCUT2D eigenvalue weighted by molar-refractivity contribution is 0.329. The van der Waals surface area contributed by atoms with E-state index in [4.69, 9.17) is 13.7 Å². The van der Waals surface area contributed by atoms with Gasteiger partial charge in [0.25, 0.3) is 0 Å². The van der Waals surface area contributed by atoms with Crippen LogP contribution in [0.15, 0.2) is 24.3 Å². The van der Waals surface area contributed by atoms with Crippen molar-refractivity contribution in [2.45, 2.75) is 6.92 Å². The molecular weight excluding hydrogens is 244 g/mol. The molecule has 0 atom stereocenters. The SMILES string of the molecule is Cc1ccc(B2OBOB(Br)O2)cc1. The van der Waals surface area contributed by atoms with Crippen molar-refractivity contribution in [2.75, 3.05) is 0 Å². The van der Waals surface area contributed by atoms with Crippen LogP contribution in [0.1, 0.15) is 5.56 Å². The molecular formula is C7H8B3BrO3. The molecule has 1 aliphatic rings. The van der Waals surface area contributed by atoms with Crippen molar-refractivity contribution in [3.8, 4) is 0 Å². The quantitative estimate of drug-likeness (QED) is 0.677. The molecule has 7 heteroatoms. The highest BCUT2D eigenvalue weighted by molar-refractivity contribution is 9.24. The number of aryl methyl sites for hydroxylation is 1. The van der Waals surface area contributed by atoms with E-state index in [9.17, 15) is 0 Å². The van der Waals surface area contributed by atoms with E-state index in [1.54, 1.807) is 0 Å². The first-order valence-electron chi connectivity index (χ1n) is 4.35. The molecule has 0 amide bonds. The van der Waals surface area contributed by atoms with E-state index in [0.29, 0.717) is 0 Å². The molecule has 0 N–H and O–H groups in total. The van der Waals surface area contributed by atoms with Crippen molar-refractivity contribution in [3.05, 3.63) is 29.8 Å². The minimum absolute atomic E-state index is 0.245.